The Morgan fingerprint density at radius 1 is 1.07 bits per heavy atom. The summed E-state index contributed by atoms with van der Waals surface area (Å²) in [5.74, 6) is 0.472. The van der Waals surface area contributed by atoms with E-state index in [1.807, 2.05) is 41.3 Å². The van der Waals surface area contributed by atoms with E-state index < -0.39 is 11.9 Å². The molecule has 0 spiro atoms. The Bertz CT molecular complexity index is 841. The summed E-state index contributed by atoms with van der Waals surface area (Å²) in [6.07, 6.45) is 0.823. The molecule has 3 aromatic rings. The van der Waals surface area contributed by atoms with Crippen molar-refractivity contribution < 1.29 is 18.7 Å². The number of hydrogen-bond acceptors (Lipinski definition) is 4. The van der Waals surface area contributed by atoms with Crippen molar-refractivity contribution in [1.29, 1.82) is 0 Å². The van der Waals surface area contributed by atoms with E-state index in [9.17, 15) is 9.50 Å². The van der Waals surface area contributed by atoms with Crippen LogP contribution >= 0.6 is 11.6 Å². The van der Waals surface area contributed by atoms with Gasteiger partial charge >= 0.3 is 0 Å². The van der Waals surface area contributed by atoms with Crippen molar-refractivity contribution in [1.82, 2.24) is 4.90 Å². The maximum Gasteiger partial charge on any atom is 0.165 e. The van der Waals surface area contributed by atoms with Crippen LogP contribution in [0.15, 0.2) is 71.3 Å². The van der Waals surface area contributed by atoms with E-state index in [-0.39, 0.29) is 12.4 Å². The molecule has 3 rings (SSSR count). The molecule has 0 aliphatic heterocycles. The van der Waals surface area contributed by atoms with Crippen LogP contribution in [-0.2, 0) is 13.1 Å². The minimum atomic E-state index is -0.793. The summed E-state index contributed by atoms with van der Waals surface area (Å²) in [6, 6.07) is 17.4. The van der Waals surface area contributed by atoms with Crippen LogP contribution in [0.5, 0.6) is 5.75 Å². The van der Waals surface area contributed by atoms with Crippen molar-refractivity contribution in [2.45, 2.75) is 19.2 Å². The molecular weight excluding hydrogens is 369 g/mol. The third-order valence-corrected chi connectivity index (χ3v) is 4.23. The lowest BCUT2D eigenvalue weighted by atomic mass is 10.2. The van der Waals surface area contributed by atoms with Gasteiger partial charge in [-0.25, -0.2) is 4.39 Å². The van der Waals surface area contributed by atoms with E-state index in [0.29, 0.717) is 24.7 Å². The molecule has 1 N–H and O–H groups in total. The fourth-order valence-corrected chi connectivity index (χ4v) is 3.01. The van der Waals surface area contributed by atoms with Crippen LogP contribution in [0.4, 0.5) is 4.39 Å². The molecule has 2 aromatic carbocycles. The number of ether oxygens (including phenoxy) is 1. The molecule has 1 aromatic heterocycles. The summed E-state index contributed by atoms with van der Waals surface area (Å²) in [5, 5.41) is 11.0. The van der Waals surface area contributed by atoms with Crippen molar-refractivity contribution in [3.05, 3.63) is 89.1 Å². The van der Waals surface area contributed by atoms with Crippen LogP contribution in [0.2, 0.25) is 5.02 Å². The minimum Gasteiger partial charge on any atom is -0.488 e. The van der Waals surface area contributed by atoms with Gasteiger partial charge in [-0.3, -0.25) is 4.90 Å². The highest BCUT2D eigenvalue weighted by Gasteiger charge is 2.16. The molecule has 142 valence electrons. The molecule has 0 saturated heterocycles. The Labute approximate surface area is 162 Å². The van der Waals surface area contributed by atoms with Crippen LogP contribution < -0.4 is 4.74 Å². The summed E-state index contributed by atoms with van der Waals surface area (Å²) in [5.41, 5.74) is 1.02. The lowest BCUT2D eigenvalue weighted by molar-refractivity contribution is 0.0592. The van der Waals surface area contributed by atoms with Crippen LogP contribution in [-0.4, -0.2) is 29.3 Å². The summed E-state index contributed by atoms with van der Waals surface area (Å²) in [7, 11) is 0. The molecule has 0 aliphatic rings. The molecule has 0 radical (unpaired) electrons. The van der Waals surface area contributed by atoms with Gasteiger partial charge in [0.15, 0.2) is 11.6 Å². The summed E-state index contributed by atoms with van der Waals surface area (Å²) < 4.78 is 24.5. The number of hydrogen-bond donors (Lipinski definition) is 1. The summed E-state index contributed by atoms with van der Waals surface area (Å²) in [4.78, 5) is 2.03. The van der Waals surface area contributed by atoms with Gasteiger partial charge in [-0.15, -0.1) is 0 Å². The lowest BCUT2D eigenvalue weighted by Crippen LogP contribution is -2.35. The number of rotatable bonds is 9. The van der Waals surface area contributed by atoms with Gasteiger partial charge in [0.2, 0.25) is 0 Å². The minimum absolute atomic E-state index is 0.00880. The van der Waals surface area contributed by atoms with Gasteiger partial charge in [0.25, 0.3) is 0 Å². The van der Waals surface area contributed by atoms with E-state index in [2.05, 4.69) is 0 Å². The van der Waals surface area contributed by atoms with Gasteiger partial charge in [0.05, 0.1) is 12.8 Å². The average Bonchev–Trinajstić information content (AvgIpc) is 3.14. The third-order valence-electron chi connectivity index (χ3n) is 3.99. The molecule has 0 amide bonds. The summed E-state index contributed by atoms with van der Waals surface area (Å²) in [6.45, 7) is 1.43. The molecular formula is C21H21ClFNO3. The van der Waals surface area contributed by atoms with E-state index >= 15 is 0 Å². The quantitative estimate of drug-likeness (QED) is 0.584. The van der Waals surface area contributed by atoms with Gasteiger partial charge in [0, 0.05) is 18.1 Å². The lowest BCUT2D eigenvalue weighted by Gasteiger charge is -2.24. The first-order valence-electron chi connectivity index (χ1n) is 8.65. The van der Waals surface area contributed by atoms with E-state index in [1.165, 1.54) is 12.1 Å². The zero-order chi connectivity index (χ0) is 19.1. The Morgan fingerprint density at radius 3 is 2.67 bits per heavy atom. The first kappa shape index (κ1) is 19.4. The first-order valence-corrected chi connectivity index (χ1v) is 9.02. The monoisotopic (exact) mass is 389 g/mol. The van der Waals surface area contributed by atoms with Crippen molar-refractivity contribution in [3.63, 3.8) is 0 Å². The topological polar surface area (TPSA) is 45.8 Å². The molecule has 27 heavy (non-hydrogen) atoms. The Balaban J connectivity index is 1.62. The fourth-order valence-electron chi connectivity index (χ4n) is 2.80. The normalized spacial score (nSPS) is 12.3. The molecule has 6 heteroatoms. The molecule has 4 nitrogen and oxygen atoms in total. The fraction of sp³-hybridized carbons (Fsp3) is 0.238. The number of para-hydroxylation sites is 1. The Morgan fingerprint density at radius 2 is 1.93 bits per heavy atom. The zero-order valence-electron chi connectivity index (χ0n) is 14.7. The van der Waals surface area contributed by atoms with E-state index in [1.54, 1.807) is 18.4 Å². The average molecular weight is 390 g/mol. The number of benzene rings is 2. The summed E-state index contributed by atoms with van der Waals surface area (Å²) >= 11 is 6.07. The number of nitrogens with zero attached hydrogens (tertiary/aromatic N) is 1. The van der Waals surface area contributed by atoms with E-state index in [0.717, 1.165) is 11.3 Å². The second-order valence-electron chi connectivity index (χ2n) is 6.27. The van der Waals surface area contributed by atoms with Crippen LogP contribution in [0, 0.1) is 5.82 Å². The predicted molar refractivity (Wildman–Crippen MR) is 102 cm³/mol. The molecule has 1 atom stereocenters. The Kier molecular flexibility index (Phi) is 6.87. The molecule has 0 fully saturated rings. The van der Waals surface area contributed by atoms with Crippen molar-refractivity contribution >= 4 is 11.6 Å². The van der Waals surface area contributed by atoms with Crippen molar-refractivity contribution in [2.24, 2.45) is 0 Å². The zero-order valence-corrected chi connectivity index (χ0v) is 15.5. The maximum atomic E-state index is 13.6. The SMILES string of the molecule is OC(COc1ccccc1F)CN(Cc1cccc(Cl)c1)Cc1ccco1. The second kappa shape index (κ2) is 9.55. The van der Waals surface area contributed by atoms with Crippen LogP contribution in [0.25, 0.3) is 0 Å². The highest BCUT2D eigenvalue weighted by atomic mass is 35.5. The van der Waals surface area contributed by atoms with Gasteiger partial charge in [-0.1, -0.05) is 35.9 Å². The first-order chi connectivity index (χ1) is 13.1. The number of aliphatic hydroxyl groups excluding tert-OH is 1. The van der Waals surface area contributed by atoms with Gasteiger partial charge < -0.3 is 14.3 Å². The number of furan rings is 1. The third kappa shape index (κ3) is 6.10. The standard InChI is InChI=1S/C21H21ClFNO3/c22-17-6-3-5-16(11-17)12-24(14-19-7-4-10-26-19)13-18(25)15-27-21-9-2-1-8-20(21)23/h1-11,18,25H,12-15H2. The highest BCUT2D eigenvalue weighted by Crippen LogP contribution is 2.17. The number of halogens is 2. The number of aliphatic hydroxyl groups is 1. The maximum absolute atomic E-state index is 13.6. The van der Waals surface area contributed by atoms with Gasteiger partial charge in [-0.2, -0.15) is 0 Å². The van der Waals surface area contributed by atoms with Crippen LogP contribution in [0.3, 0.4) is 0 Å². The largest absolute Gasteiger partial charge is 0.488 e. The highest BCUT2D eigenvalue weighted by molar-refractivity contribution is 6.30. The molecule has 0 saturated carbocycles. The second-order valence-corrected chi connectivity index (χ2v) is 6.71. The molecule has 1 unspecified atom stereocenters. The van der Waals surface area contributed by atoms with Gasteiger partial charge in [-0.05, 0) is 42.0 Å². The molecule has 0 aliphatic carbocycles. The smallest absolute Gasteiger partial charge is 0.165 e. The van der Waals surface area contributed by atoms with Crippen molar-refractivity contribution in [2.75, 3.05) is 13.2 Å². The Hall–Kier alpha value is -2.34. The van der Waals surface area contributed by atoms with Gasteiger partial charge in [0.1, 0.15) is 18.5 Å². The molecule has 0 bridgehead atoms. The van der Waals surface area contributed by atoms with Crippen molar-refractivity contribution in [3.8, 4) is 5.75 Å². The van der Waals surface area contributed by atoms with Crippen LogP contribution in [0.1, 0.15) is 11.3 Å². The van der Waals surface area contributed by atoms with E-state index in [4.69, 9.17) is 20.8 Å². The molecule has 1 heterocycles. The predicted octanol–water partition coefficient (Wildman–Crippen LogP) is 4.51.